The Kier molecular flexibility index (Phi) is 5.26. The molecule has 0 aromatic heterocycles. The topological polar surface area (TPSA) is 58.2 Å². The van der Waals surface area contributed by atoms with Crippen molar-refractivity contribution in [1.82, 2.24) is 0 Å². The monoisotopic (exact) mass is 394 g/mol. The Bertz CT molecular complexity index is 910. The Balaban J connectivity index is 1.74. The maximum absolute atomic E-state index is 12.4. The number of benzene rings is 3. The van der Waals surface area contributed by atoms with E-state index in [1.165, 1.54) is 0 Å². The fraction of sp³-hybridized carbons (Fsp3) is 0. The van der Waals surface area contributed by atoms with E-state index in [1.807, 2.05) is 48.5 Å². The van der Waals surface area contributed by atoms with Crippen LogP contribution < -0.4 is 10.6 Å². The van der Waals surface area contributed by atoms with E-state index in [-0.39, 0.29) is 11.8 Å². The number of para-hydroxylation sites is 1. The molecule has 3 aromatic carbocycles. The van der Waals surface area contributed by atoms with Gasteiger partial charge in [-0.15, -0.1) is 0 Å². The molecule has 2 N–H and O–H groups in total. The first-order chi connectivity index (χ1) is 12.1. The van der Waals surface area contributed by atoms with Crippen molar-refractivity contribution in [3.8, 4) is 0 Å². The minimum Gasteiger partial charge on any atom is -0.322 e. The lowest BCUT2D eigenvalue weighted by Crippen LogP contribution is -2.15. The van der Waals surface area contributed by atoms with Gasteiger partial charge in [-0.05, 0) is 48.5 Å². The third-order valence-corrected chi connectivity index (χ3v) is 3.99. The van der Waals surface area contributed by atoms with Crippen LogP contribution in [0.25, 0.3) is 0 Å². The van der Waals surface area contributed by atoms with Crippen molar-refractivity contribution < 1.29 is 9.59 Å². The van der Waals surface area contributed by atoms with Crippen LogP contribution in [0, 0.1) is 0 Å². The molecule has 4 nitrogen and oxygen atoms in total. The quantitative estimate of drug-likeness (QED) is 0.657. The molecular weight excluding hydrogens is 380 g/mol. The van der Waals surface area contributed by atoms with Crippen LogP contribution in [0.2, 0.25) is 0 Å². The van der Waals surface area contributed by atoms with Gasteiger partial charge < -0.3 is 10.6 Å². The summed E-state index contributed by atoms with van der Waals surface area (Å²) in [5, 5.41) is 5.62. The normalized spacial score (nSPS) is 10.1. The van der Waals surface area contributed by atoms with Crippen LogP contribution in [0.15, 0.2) is 83.3 Å². The lowest BCUT2D eigenvalue weighted by atomic mass is 10.1. The number of anilines is 2. The van der Waals surface area contributed by atoms with E-state index < -0.39 is 0 Å². The third-order valence-electron chi connectivity index (χ3n) is 3.50. The Labute approximate surface area is 154 Å². The number of carbonyl (C=O) groups is 2. The van der Waals surface area contributed by atoms with Gasteiger partial charge in [0.15, 0.2) is 0 Å². The molecule has 0 aliphatic carbocycles. The predicted octanol–water partition coefficient (Wildman–Crippen LogP) is 4.95. The zero-order chi connectivity index (χ0) is 17.6. The van der Waals surface area contributed by atoms with Crippen LogP contribution in [0.1, 0.15) is 20.7 Å². The molecule has 0 aliphatic rings. The van der Waals surface area contributed by atoms with Crippen LogP contribution in [0.5, 0.6) is 0 Å². The van der Waals surface area contributed by atoms with E-state index in [0.29, 0.717) is 22.5 Å². The largest absolute Gasteiger partial charge is 0.322 e. The molecule has 0 saturated heterocycles. The number of hydrogen-bond donors (Lipinski definition) is 2. The number of rotatable bonds is 4. The summed E-state index contributed by atoms with van der Waals surface area (Å²) < 4.78 is 0.876. The van der Waals surface area contributed by atoms with Crippen molar-refractivity contribution in [2.45, 2.75) is 0 Å². The van der Waals surface area contributed by atoms with Gasteiger partial charge in [0.1, 0.15) is 0 Å². The maximum Gasteiger partial charge on any atom is 0.255 e. The summed E-state index contributed by atoms with van der Waals surface area (Å²) in [7, 11) is 0. The first kappa shape index (κ1) is 16.9. The van der Waals surface area contributed by atoms with Gasteiger partial charge in [0.2, 0.25) is 0 Å². The van der Waals surface area contributed by atoms with Gasteiger partial charge in [0, 0.05) is 27.0 Å². The number of carbonyl (C=O) groups excluding carboxylic acids is 2. The van der Waals surface area contributed by atoms with Gasteiger partial charge in [-0.1, -0.05) is 46.3 Å². The SMILES string of the molecule is O=C(Nc1ccccc1)c1cccc(C(=O)Nc2cccc(Br)c2)c1. The first-order valence-corrected chi connectivity index (χ1v) is 8.44. The zero-order valence-corrected chi connectivity index (χ0v) is 14.8. The second-order valence-electron chi connectivity index (χ2n) is 5.37. The zero-order valence-electron chi connectivity index (χ0n) is 13.2. The van der Waals surface area contributed by atoms with Crippen LogP contribution in [0.4, 0.5) is 11.4 Å². The summed E-state index contributed by atoms with van der Waals surface area (Å²) in [6.07, 6.45) is 0. The van der Waals surface area contributed by atoms with Gasteiger partial charge in [-0.3, -0.25) is 9.59 Å². The average Bonchev–Trinajstić information content (AvgIpc) is 2.62. The summed E-state index contributed by atoms with van der Waals surface area (Å²) in [6.45, 7) is 0. The molecule has 0 bridgehead atoms. The van der Waals surface area contributed by atoms with Gasteiger partial charge in [-0.25, -0.2) is 0 Å². The molecule has 0 radical (unpaired) electrons. The van der Waals surface area contributed by atoms with Crippen molar-refractivity contribution >= 4 is 39.1 Å². The second kappa shape index (κ2) is 7.77. The summed E-state index contributed by atoms with van der Waals surface area (Å²) in [5.74, 6) is -0.532. The standard InChI is InChI=1S/C20H15BrN2O2/c21-16-8-5-11-18(13-16)23-20(25)15-7-4-6-14(12-15)19(24)22-17-9-2-1-3-10-17/h1-13H,(H,22,24)(H,23,25). The highest BCUT2D eigenvalue weighted by Gasteiger charge is 2.11. The molecule has 0 spiro atoms. The van der Waals surface area contributed by atoms with Gasteiger partial charge in [0.25, 0.3) is 11.8 Å². The Hall–Kier alpha value is -2.92. The Morgan fingerprint density at radius 2 is 1.20 bits per heavy atom. The number of halogens is 1. The van der Waals surface area contributed by atoms with Crippen molar-refractivity contribution in [2.24, 2.45) is 0 Å². The van der Waals surface area contributed by atoms with E-state index in [2.05, 4.69) is 26.6 Å². The summed E-state index contributed by atoms with van der Waals surface area (Å²) in [6, 6.07) is 23.1. The van der Waals surface area contributed by atoms with Crippen molar-refractivity contribution in [1.29, 1.82) is 0 Å². The van der Waals surface area contributed by atoms with Crippen LogP contribution in [-0.4, -0.2) is 11.8 Å². The highest BCUT2D eigenvalue weighted by atomic mass is 79.9. The highest BCUT2D eigenvalue weighted by Crippen LogP contribution is 2.17. The molecule has 0 atom stereocenters. The third kappa shape index (κ3) is 4.55. The second-order valence-corrected chi connectivity index (χ2v) is 6.28. The molecule has 0 heterocycles. The fourth-order valence-electron chi connectivity index (χ4n) is 2.30. The number of amides is 2. The Morgan fingerprint density at radius 3 is 1.84 bits per heavy atom. The van der Waals surface area contributed by atoms with E-state index in [9.17, 15) is 9.59 Å². The van der Waals surface area contributed by atoms with E-state index >= 15 is 0 Å². The fourth-order valence-corrected chi connectivity index (χ4v) is 2.70. The van der Waals surface area contributed by atoms with Crippen LogP contribution in [-0.2, 0) is 0 Å². The van der Waals surface area contributed by atoms with Crippen LogP contribution >= 0.6 is 15.9 Å². The number of nitrogens with one attached hydrogen (secondary N) is 2. The van der Waals surface area contributed by atoms with Crippen molar-refractivity contribution in [3.63, 3.8) is 0 Å². The van der Waals surface area contributed by atoms with E-state index in [0.717, 1.165) is 4.47 Å². The number of hydrogen-bond acceptors (Lipinski definition) is 2. The lowest BCUT2D eigenvalue weighted by Gasteiger charge is -2.08. The molecular formula is C20H15BrN2O2. The van der Waals surface area contributed by atoms with Gasteiger partial charge >= 0.3 is 0 Å². The maximum atomic E-state index is 12.4. The highest BCUT2D eigenvalue weighted by molar-refractivity contribution is 9.10. The first-order valence-electron chi connectivity index (χ1n) is 7.65. The van der Waals surface area contributed by atoms with E-state index in [1.54, 1.807) is 30.3 Å². The minimum atomic E-state index is -0.271. The predicted molar refractivity (Wildman–Crippen MR) is 103 cm³/mol. The lowest BCUT2D eigenvalue weighted by molar-refractivity contribution is 0.102. The molecule has 3 rings (SSSR count). The minimum absolute atomic E-state index is 0.261. The van der Waals surface area contributed by atoms with E-state index in [4.69, 9.17) is 0 Å². The van der Waals surface area contributed by atoms with Crippen LogP contribution in [0.3, 0.4) is 0 Å². The molecule has 2 amide bonds. The molecule has 124 valence electrons. The molecule has 5 heteroatoms. The van der Waals surface area contributed by atoms with Crippen molar-refractivity contribution in [3.05, 3.63) is 94.5 Å². The molecule has 0 unspecified atom stereocenters. The Morgan fingerprint density at radius 1 is 0.640 bits per heavy atom. The molecule has 0 fully saturated rings. The summed E-state index contributed by atoms with van der Waals surface area (Å²) in [4.78, 5) is 24.7. The smallest absolute Gasteiger partial charge is 0.255 e. The molecule has 25 heavy (non-hydrogen) atoms. The van der Waals surface area contributed by atoms with Gasteiger partial charge in [0.05, 0.1) is 0 Å². The molecule has 0 saturated carbocycles. The summed E-state index contributed by atoms with van der Waals surface area (Å²) >= 11 is 3.37. The summed E-state index contributed by atoms with van der Waals surface area (Å²) in [5.41, 5.74) is 2.22. The average molecular weight is 395 g/mol. The molecule has 0 aliphatic heterocycles. The molecule has 3 aromatic rings. The van der Waals surface area contributed by atoms with Crippen molar-refractivity contribution in [2.75, 3.05) is 10.6 Å². The van der Waals surface area contributed by atoms with Gasteiger partial charge in [-0.2, -0.15) is 0 Å².